The Morgan fingerprint density at radius 2 is 1.79 bits per heavy atom. The predicted octanol–water partition coefficient (Wildman–Crippen LogP) is 3.78. The van der Waals surface area contributed by atoms with Gasteiger partial charge in [0.05, 0.1) is 11.4 Å². The molecule has 2 aromatic carbocycles. The van der Waals surface area contributed by atoms with Crippen LogP contribution in [0.2, 0.25) is 0 Å². The van der Waals surface area contributed by atoms with Crippen LogP contribution >= 0.6 is 15.9 Å². The number of nitrogens with one attached hydrogen (secondary N) is 1. The van der Waals surface area contributed by atoms with Crippen LogP contribution in [-0.4, -0.2) is 5.91 Å². The molecule has 0 aliphatic heterocycles. The van der Waals surface area contributed by atoms with E-state index in [0.29, 0.717) is 17.1 Å². The van der Waals surface area contributed by atoms with Gasteiger partial charge in [0.2, 0.25) is 5.91 Å². The molecule has 98 valence electrons. The normalized spacial score (nSPS) is 10.0. The third kappa shape index (κ3) is 3.72. The van der Waals surface area contributed by atoms with E-state index in [1.807, 2.05) is 24.3 Å². The minimum Gasteiger partial charge on any atom is -0.457 e. The molecule has 0 radical (unpaired) electrons. The van der Waals surface area contributed by atoms with Gasteiger partial charge in [0, 0.05) is 17.5 Å². The molecule has 0 aromatic heterocycles. The van der Waals surface area contributed by atoms with Crippen molar-refractivity contribution >= 4 is 33.2 Å². The lowest BCUT2D eigenvalue weighted by Crippen LogP contribution is -2.07. The van der Waals surface area contributed by atoms with E-state index >= 15 is 0 Å². The van der Waals surface area contributed by atoms with Gasteiger partial charge in [-0.2, -0.15) is 0 Å². The molecule has 0 saturated carbocycles. The topological polar surface area (TPSA) is 64.3 Å². The molecule has 5 heteroatoms. The molecule has 0 aliphatic carbocycles. The lowest BCUT2D eigenvalue weighted by Gasteiger charge is -2.10. The first-order valence-corrected chi connectivity index (χ1v) is 6.44. The second-order valence-electron chi connectivity index (χ2n) is 3.99. The maximum Gasteiger partial charge on any atom is 0.221 e. The number of rotatable bonds is 3. The molecule has 0 heterocycles. The molecule has 2 rings (SSSR count). The number of benzene rings is 2. The van der Waals surface area contributed by atoms with Crippen LogP contribution < -0.4 is 15.8 Å². The molecule has 0 bridgehead atoms. The van der Waals surface area contributed by atoms with Crippen LogP contribution in [0.3, 0.4) is 0 Å². The van der Waals surface area contributed by atoms with E-state index in [0.717, 1.165) is 10.2 Å². The van der Waals surface area contributed by atoms with Gasteiger partial charge in [-0.1, -0.05) is 15.9 Å². The number of amides is 1. The van der Waals surface area contributed by atoms with Crippen molar-refractivity contribution < 1.29 is 9.53 Å². The Morgan fingerprint density at radius 1 is 1.16 bits per heavy atom. The highest BCUT2D eigenvalue weighted by Gasteiger charge is 2.04. The van der Waals surface area contributed by atoms with Crippen LogP contribution in [0.4, 0.5) is 11.4 Å². The third-order valence-electron chi connectivity index (χ3n) is 2.38. The van der Waals surface area contributed by atoms with Crippen molar-refractivity contribution in [3.8, 4) is 11.5 Å². The third-order valence-corrected chi connectivity index (χ3v) is 2.91. The van der Waals surface area contributed by atoms with Gasteiger partial charge in [0.15, 0.2) is 0 Å². The molecule has 0 fully saturated rings. The molecule has 0 unspecified atom stereocenters. The zero-order valence-corrected chi connectivity index (χ0v) is 11.9. The number of halogens is 1. The summed E-state index contributed by atoms with van der Waals surface area (Å²) in [6, 6.07) is 12.6. The molecule has 4 nitrogen and oxygen atoms in total. The Balaban J connectivity index is 2.15. The number of hydrogen-bond donors (Lipinski definition) is 2. The van der Waals surface area contributed by atoms with Gasteiger partial charge in [-0.05, 0) is 36.4 Å². The largest absolute Gasteiger partial charge is 0.457 e. The summed E-state index contributed by atoms with van der Waals surface area (Å²) in [5, 5.41) is 2.65. The summed E-state index contributed by atoms with van der Waals surface area (Å²) >= 11 is 3.36. The monoisotopic (exact) mass is 320 g/mol. The lowest BCUT2D eigenvalue weighted by atomic mass is 10.2. The standard InChI is InChI=1S/C14H13BrN2O2/c1-9(18)17-14-7-6-12(8-13(14)16)19-11-4-2-10(15)3-5-11/h2-8H,16H2,1H3,(H,17,18). The number of carbonyl (C=O) groups excluding carboxylic acids is 1. The highest BCUT2D eigenvalue weighted by Crippen LogP contribution is 2.28. The Morgan fingerprint density at radius 3 is 2.37 bits per heavy atom. The minimum atomic E-state index is -0.159. The Labute approximate surface area is 119 Å². The van der Waals surface area contributed by atoms with Crippen molar-refractivity contribution in [1.82, 2.24) is 0 Å². The average molecular weight is 321 g/mol. The van der Waals surface area contributed by atoms with E-state index in [1.165, 1.54) is 6.92 Å². The second-order valence-corrected chi connectivity index (χ2v) is 4.90. The number of nitrogen functional groups attached to an aromatic ring is 1. The molecule has 0 atom stereocenters. The summed E-state index contributed by atoms with van der Waals surface area (Å²) in [5.74, 6) is 1.18. The maximum atomic E-state index is 11.0. The minimum absolute atomic E-state index is 0.159. The van der Waals surface area contributed by atoms with Crippen LogP contribution in [0.15, 0.2) is 46.9 Å². The van der Waals surface area contributed by atoms with Crippen LogP contribution in [0, 0.1) is 0 Å². The van der Waals surface area contributed by atoms with Gasteiger partial charge in [0.25, 0.3) is 0 Å². The summed E-state index contributed by atoms with van der Waals surface area (Å²) in [6.45, 7) is 1.44. The quantitative estimate of drug-likeness (QED) is 0.846. The number of carbonyl (C=O) groups is 1. The first-order valence-electron chi connectivity index (χ1n) is 5.65. The van der Waals surface area contributed by atoms with Gasteiger partial charge in [-0.3, -0.25) is 4.79 Å². The van der Waals surface area contributed by atoms with E-state index in [1.54, 1.807) is 18.2 Å². The first-order chi connectivity index (χ1) is 9.04. The van der Waals surface area contributed by atoms with E-state index < -0.39 is 0 Å². The van der Waals surface area contributed by atoms with Gasteiger partial charge in [0.1, 0.15) is 11.5 Å². The fourth-order valence-electron chi connectivity index (χ4n) is 1.55. The first kappa shape index (κ1) is 13.4. The van der Waals surface area contributed by atoms with Crippen LogP contribution in [-0.2, 0) is 4.79 Å². The van der Waals surface area contributed by atoms with E-state index in [9.17, 15) is 4.79 Å². The smallest absolute Gasteiger partial charge is 0.221 e. The van der Waals surface area contributed by atoms with Gasteiger partial charge in [-0.15, -0.1) is 0 Å². The lowest BCUT2D eigenvalue weighted by molar-refractivity contribution is -0.114. The zero-order valence-electron chi connectivity index (χ0n) is 10.3. The molecule has 2 aromatic rings. The fraction of sp³-hybridized carbons (Fsp3) is 0.0714. The van der Waals surface area contributed by atoms with Crippen LogP contribution in [0.1, 0.15) is 6.92 Å². The number of anilines is 2. The molecule has 19 heavy (non-hydrogen) atoms. The van der Waals surface area contributed by atoms with Gasteiger partial charge < -0.3 is 15.8 Å². The summed E-state index contributed by atoms with van der Waals surface area (Å²) in [6.07, 6.45) is 0. The molecule has 0 aliphatic rings. The van der Waals surface area contributed by atoms with Crippen LogP contribution in [0.5, 0.6) is 11.5 Å². The van der Waals surface area contributed by atoms with Crippen molar-refractivity contribution in [3.05, 3.63) is 46.9 Å². The maximum absolute atomic E-state index is 11.0. The number of hydrogen-bond acceptors (Lipinski definition) is 3. The summed E-state index contributed by atoms with van der Waals surface area (Å²) in [7, 11) is 0. The van der Waals surface area contributed by atoms with Crippen molar-refractivity contribution in [1.29, 1.82) is 0 Å². The fourth-order valence-corrected chi connectivity index (χ4v) is 1.81. The highest BCUT2D eigenvalue weighted by atomic mass is 79.9. The molecule has 0 spiro atoms. The van der Waals surface area contributed by atoms with Crippen LogP contribution in [0.25, 0.3) is 0 Å². The summed E-state index contributed by atoms with van der Waals surface area (Å²) in [4.78, 5) is 11.0. The predicted molar refractivity (Wildman–Crippen MR) is 79.4 cm³/mol. The van der Waals surface area contributed by atoms with Crippen molar-refractivity contribution in [2.24, 2.45) is 0 Å². The average Bonchev–Trinajstić information content (AvgIpc) is 2.35. The van der Waals surface area contributed by atoms with Crippen molar-refractivity contribution in [3.63, 3.8) is 0 Å². The second kappa shape index (κ2) is 5.75. The molecule has 1 amide bonds. The highest BCUT2D eigenvalue weighted by molar-refractivity contribution is 9.10. The summed E-state index contributed by atoms with van der Waals surface area (Å²) in [5.41, 5.74) is 6.89. The van der Waals surface area contributed by atoms with E-state index in [2.05, 4.69) is 21.2 Å². The van der Waals surface area contributed by atoms with E-state index in [-0.39, 0.29) is 5.91 Å². The molecular formula is C14H13BrN2O2. The summed E-state index contributed by atoms with van der Waals surface area (Å²) < 4.78 is 6.65. The number of nitrogens with two attached hydrogens (primary N) is 1. The SMILES string of the molecule is CC(=O)Nc1ccc(Oc2ccc(Br)cc2)cc1N. The Hall–Kier alpha value is -2.01. The molecular weight excluding hydrogens is 308 g/mol. The molecule has 3 N–H and O–H groups in total. The van der Waals surface area contributed by atoms with Crippen molar-refractivity contribution in [2.45, 2.75) is 6.92 Å². The van der Waals surface area contributed by atoms with Gasteiger partial charge in [-0.25, -0.2) is 0 Å². The van der Waals surface area contributed by atoms with Crippen molar-refractivity contribution in [2.75, 3.05) is 11.1 Å². The zero-order chi connectivity index (χ0) is 13.8. The molecule has 0 saturated heterocycles. The number of ether oxygens (including phenoxy) is 1. The Bertz CT molecular complexity index is 597. The van der Waals surface area contributed by atoms with Gasteiger partial charge >= 0.3 is 0 Å². The Kier molecular flexibility index (Phi) is 4.06. The van der Waals surface area contributed by atoms with E-state index in [4.69, 9.17) is 10.5 Å².